The number of aliphatic hydroxyl groups is 1. The molecule has 0 spiro atoms. The number of phosphoric ester groups is 1. The zero-order valence-corrected chi connectivity index (χ0v) is 40.1. The number of nitrogens with one attached hydrogen (secondary N) is 1. The van der Waals surface area contributed by atoms with E-state index in [0.29, 0.717) is 17.4 Å². The Kier molecular flexibility index (Phi) is 40.2. The zero-order chi connectivity index (χ0) is 45.7. The van der Waals surface area contributed by atoms with Gasteiger partial charge in [0.05, 0.1) is 39.9 Å². The average molecular weight is 877 g/mol. The van der Waals surface area contributed by atoms with Gasteiger partial charge in [-0.1, -0.05) is 173 Å². The highest BCUT2D eigenvalue weighted by Crippen LogP contribution is 2.38. The molecule has 62 heavy (non-hydrogen) atoms. The Labute approximate surface area is 378 Å². The van der Waals surface area contributed by atoms with Crippen LogP contribution >= 0.6 is 7.82 Å². The number of allylic oxidation sites excluding steroid dienone is 23. The van der Waals surface area contributed by atoms with Gasteiger partial charge in [-0.25, -0.2) is 0 Å². The van der Waals surface area contributed by atoms with Gasteiger partial charge in [-0.2, -0.15) is 0 Å². The summed E-state index contributed by atoms with van der Waals surface area (Å²) in [7, 11) is 1.20. The largest absolute Gasteiger partial charge is 0.756 e. The number of nitrogens with zero attached hydrogens (tertiary/aromatic N) is 1. The third kappa shape index (κ3) is 44.4. The number of unbranched alkanes of at least 4 members (excludes halogenated alkanes) is 4. The van der Waals surface area contributed by atoms with Crippen LogP contribution in [-0.2, 0) is 18.4 Å². The third-order valence-corrected chi connectivity index (χ3v) is 10.0. The molecular formula is C53H85N2O6P. The van der Waals surface area contributed by atoms with E-state index in [1.54, 1.807) is 6.08 Å². The number of hydrogen-bond donors (Lipinski definition) is 2. The number of likely N-dealkylation sites (N-methyl/N-ethyl adjacent to an activating group) is 1. The summed E-state index contributed by atoms with van der Waals surface area (Å²) in [6, 6.07) is -0.910. The first-order chi connectivity index (χ1) is 30.0. The Morgan fingerprint density at radius 2 is 0.984 bits per heavy atom. The van der Waals surface area contributed by atoms with Gasteiger partial charge < -0.3 is 28.8 Å². The molecule has 0 rings (SSSR count). The molecule has 0 aromatic carbocycles. The number of carbonyl (C=O) groups is 1. The summed E-state index contributed by atoms with van der Waals surface area (Å²) in [5, 5.41) is 13.4. The van der Waals surface area contributed by atoms with E-state index in [4.69, 9.17) is 9.05 Å². The Morgan fingerprint density at radius 1 is 0.581 bits per heavy atom. The highest BCUT2D eigenvalue weighted by molar-refractivity contribution is 7.45. The molecular weight excluding hydrogens is 792 g/mol. The van der Waals surface area contributed by atoms with Gasteiger partial charge in [-0.05, 0) is 96.3 Å². The molecule has 3 unspecified atom stereocenters. The van der Waals surface area contributed by atoms with Crippen LogP contribution in [0.4, 0.5) is 0 Å². The lowest BCUT2D eigenvalue weighted by atomic mass is 10.1. The fraction of sp³-hybridized carbons (Fsp3) is 0.528. The van der Waals surface area contributed by atoms with E-state index in [-0.39, 0.29) is 18.9 Å². The second-order valence-corrected chi connectivity index (χ2v) is 17.4. The summed E-state index contributed by atoms with van der Waals surface area (Å²) in [4.78, 5) is 24.9. The normalized spacial score (nSPS) is 15.5. The van der Waals surface area contributed by atoms with E-state index in [0.717, 1.165) is 103 Å². The fourth-order valence-electron chi connectivity index (χ4n) is 5.40. The maximum Gasteiger partial charge on any atom is 0.268 e. The van der Waals surface area contributed by atoms with Gasteiger partial charge in [0, 0.05) is 6.42 Å². The molecule has 0 bridgehead atoms. The zero-order valence-electron chi connectivity index (χ0n) is 39.2. The van der Waals surface area contributed by atoms with E-state index in [1.807, 2.05) is 34.1 Å². The second-order valence-electron chi connectivity index (χ2n) is 16.0. The first kappa shape index (κ1) is 58.4. The van der Waals surface area contributed by atoms with Crippen molar-refractivity contribution in [3.8, 4) is 0 Å². The number of phosphoric acid groups is 1. The summed E-state index contributed by atoms with van der Waals surface area (Å²) in [5.41, 5.74) is 0. The van der Waals surface area contributed by atoms with Gasteiger partial charge >= 0.3 is 0 Å². The van der Waals surface area contributed by atoms with Crippen LogP contribution < -0.4 is 10.2 Å². The molecule has 0 aliphatic carbocycles. The van der Waals surface area contributed by atoms with Crippen LogP contribution in [0, 0.1) is 0 Å². The third-order valence-electron chi connectivity index (χ3n) is 9.04. The maximum absolute atomic E-state index is 12.7. The molecule has 0 aliphatic heterocycles. The van der Waals surface area contributed by atoms with Crippen molar-refractivity contribution >= 4 is 13.7 Å². The monoisotopic (exact) mass is 877 g/mol. The van der Waals surface area contributed by atoms with Gasteiger partial charge in [0.1, 0.15) is 13.2 Å². The van der Waals surface area contributed by atoms with Crippen molar-refractivity contribution in [3.05, 3.63) is 146 Å². The van der Waals surface area contributed by atoms with Gasteiger partial charge in [0.15, 0.2) is 0 Å². The molecule has 348 valence electrons. The molecule has 3 atom stereocenters. The second kappa shape index (κ2) is 42.7. The van der Waals surface area contributed by atoms with Crippen molar-refractivity contribution in [2.75, 3.05) is 40.9 Å². The van der Waals surface area contributed by atoms with Crippen LogP contribution in [0.15, 0.2) is 146 Å². The summed E-state index contributed by atoms with van der Waals surface area (Å²) >= 11 is 0. The smallest absolute Gasteiger partial charge is 0.268 e. The Bertz CT molecular complexity index is 1510. The molecule has 0 aromatic rings. The molecule has 1 amide bonds. The average Bonchev–Trinajstić information content (AvgIpc) is 3.23. The van der Waals surface area contributed by atoms with E-state index in [1.165, 1.54) is 0 Å². The van der Waals surface area contributed by atoms with Crippen LogP contribution in [0.5, 0.6) is 0 Å². The van der Waals surface area contributed by atoms with Crippen molar-refractivity contribution in [2.24, 2.45) is 0 Å². The minimum atomic E-state index is -4.58. The summed E-state index contributed by atoms with van der Waals surface area (Å²) in [6.07, 6.45) is 67.2. The van der Waals surface area contributed by atoms with Crippen molar-refractivity contribution in [1.29, 1.82) is 0 Å². The minimum Gasteiger partial charge on any atom is -0.756 e. The quantitative estimate of drug-likeness (QED) is 0.0276. The molecule has 2 N–H and O–H groups in total. The number of rotatable bonds is 39. The minimum absolute atomic E-state index is 0.0183. The first-order valence-electron chi connectivity index (χ1n) is 23.2. The number of amides is 1. The van der Waals surface area contributed by atoms with E-state index < -0.39 is 26.6 Å². The number of hydrogen-bond acceptors (Lipinski definition) is 6. The molecule has 0 radical (unpaired) electrons. The molecule has 0 saturated carbocycles. The lowest BCUT2D eigenvalue weighted by Crippen LogP contribution is -2.45. The van der Waals surface area contributed by atoms with Gasteiger partial charge in [0.2, 0.25) is 5.91 Å². The summed E-state index contributed by atoms with van der Waals surface area (Å²) < 4.78 is 22.8. The SMILES string of the molecule is CC/C=C\C/C=C\C/C=C\C/C=C\C/C=C\C/C=C\C/C=C\C/C=C\C/C=C\C/C=C\C/C=C\CCCCCC(=O)NC(COP(=O)([O-])OCC[N+](C)(C)C)C(O)/C=C/CCC. The number of quaternary nitrogens is 1. The molecule has 0 heterocycles. The molecule has 8 nitrogen and oxygen atoms in total. The highest BCUT2D eigenvalue weighted by Gasteiger charge is 2.23. The van der Waals surface area contributed by atoms with Gasteiger partial charge in [-0.15, -0.1) is 0 Å². The van der Waals surface area contributed by atoms with E-state index >= 15 is 0 Å². The van der Waals surface area contributed by atoms with Crippen LogP contribution in [0.1, 0.15) is 129 Å². The molecule has 0 aliphatic rings. The molecule has 0 fully saturated rings. The van der Waals surface area contributed by atoms with Crippen LogP contribution in [0.2, 0.25) is 0 Å². The van der Waals surface area contributed by atoms with Crippen LogP contribution in [0.3, 0.4) is 0 Å². The predicted octanol–water partition coefficient (Wildman–Crippen LogP) is 12.8. The van der Waals surface area contributed by atoms with E-state index in [2.05, 4.69) is 146 Å². The Balaban J connectivity index is 4.03. The van der Waals surface area contributed by atoms with Crippen molar-refractivity contribution in [1.82, 2.24) is 5.32 Å². The summed E-state index contributed by atoms with van der Waals surface area (Å²) in [6.45, 7) is 4.23. The topological polar surface area (TPSA) is 108 Å². The van der Waals surface area contributed by atoms with Crippen LogP contribution in [0.25, 0.3) is 0 Å². The number of aliphatic hydroxyl groups excluding tert-OH is 1. The predicted molar refractivity (Wildman–Crippen MR) is 264 cm³/mol. The lowest BCUT2D eigenvalue weighted by Gasteiger charge is -2.29. The summed E-state index contributed by atoms with van der Waals surface area (Å²) in [5.74, 6) is -0.250. The van der Waals surface area contributed by atoms with Gasteiger partial charge in [-0.3, -0.25) is 9.36 Å². The maximum atomic E-state index is 12.7. The van der Waals surface area contributed by atoms with Gasteiger partial charge in [0.25, 0.3) is 7.82 Å². The fourth-order valence-corrected chi connectivity index (χ4v) is 6.12. The molecule has 9 heteroatoms. The highest BCUT2D eigenvalue weighted by atomic mass is 31.2. The molecule has 0 saturated heterocycles. The van der Waals surface area contributed by atoms with Crippen molar-refractivity contribution in [3.63, 3.8) is 0 Å². The van der Waals surface area contributed by atoms with Crippen LogP contribution in [-0.4, -0.2) is 68.5 Å². The van der Waals surface area contributed by atoms with Crippen molar-refractivity contribution < 1.29 is 32.9 Å². The Hall–Kier alpha value is -3.62. The lowest BCUT2D eigenvalue weighted by molar-refractivity contribution is -0.870. The number of carbonyl (C=O) groups excluding carboxylic acids is 1. The van der Waals surface area contributed by atoms with Crippen molar-refractivity contribution in [2.45, 2.75) is 142 Å². The van der Waals surface area contributed by atoms with E-state index in [9.17, 15) is 19.4 Å². The standard InChI is InChI=1S/C53H85N2O6P/c1-6-8-10-11-12-13-14-15-16-17-18-19-20-21-22-23-24-25-26-27-28-29-30-31-32-33-34-35-36-37-38-39-40-41-42-43-45-47-53(57)54-51(52(56)46-44-9-7-2)50-61-62(58,59)60-49-48-55(3,4)5/h8,10,12-13,15-16,18-19,21-22,24-25,27-28,30-31,33-34,36-37,39-40,44,46,51-52,56H,6-7,9,11,14,17,20,23,26,29,32,35,38,41-43,45,47-50H2,1-5H3,(H-,54,57,58,59)/b10-8-,13-12-,16-15-,19-18-,22-21-,25-24-,28-27-,31-30-,34-33-,37-36-,40-39-,46-44+. The molecule has 0 aromatic heterocycles. The Morgan fingerprint density at radius 3 is 1.37 bits per heavy atom. The first-order valence-corrected chi connectivity index (χ1v) is 24.7.